The highest BCUT2D eigenvalue weighted by Gasteiger charge is 2.34. The lowest BCUT2D eigenvalue weighted by atomic mass is 9.86. The van der Waals surface area contributed by atoms with Crippen LogP contribution in [0.2, 0.25) is 0 Å². The van der Waals surface area contributed by atoms with E-state index in [1.54, 1.807) is 0 Å². The van der Waals surface area contributed by atoms with Gasteiger partial charge in [0.05, 0.1) is 5.60 Å². The van der Waals surface area contributed by atoms with Crippen molar-refractivity contribution in [1.29, 1.82) is 0 Å². The van der Waals surface area contributed by atoms with Crippen LogP contribution in [0.1, 0.15) is 39.5 Å². The third kappa shape index (κ3) is 3.06. The molecule has 1 unspecified atom stereocenters. The molecule has 3 nitrogen and oxygen atoms in total. The Kier molecular flexibility index (Phi) is 4.52. The fourth-order valence-electron chi connectivity index (χ4n) is 2.63. The minimum absolute atomic E-state index is 0.0597. The van der Waals surface area contributed by atoms with Crippen molar-refractivity contribution in [2.24, 2.45) is 0 Å². The molecular weight excluding hydrogens is 269 g/mol. The van der Waals surface area contributed by atoms with Gasteiger partial charge in [-0.05, 0) is 25.7 Å². The van der Waals surface area contributed by atoms with Gasteiger partial charge in [0.1, 0.15) is 0 Å². The molecule has 1 aromatic rings. The molecule has 1 atom stereocenters. The highest BCUT2D eigenvalue weighted by Crippen LogP contribution is 2.32. The Morgan fingerprint density at radius 1 is 1.30 bits per heavy atom. The Morgan fingerprint density at radius 2 is 2.00 bits per heavy atom. The molecule has 1 fully saturated rings. The lowest BCUT2D eigenvalue weighted by Gasteiger charge is -2.40. The molecule has 0 radical (unpaired) electrons. The number of ether oxygens (including phenoxy) is 1. The normalized spacial score (nSPS) is 21.8. The molecule has 1 aliphatic heterocycles. The van der Waals surface area contributed by atoms with E-state index >= 15 is 0 Å². The van der Waals surface area contributed by atoms with Gasteiger partial charge in [-0.15, -0.1) is 0 Å². The van der Waals surface area contributed by atoms with Gasteiger partial charge in [-0.25, -0.2) is 8.78 Å². The van der Waals surface area contributed by atoms with E-state index in [1.807, 2.05) is 13.8 Å². The van der Waals surface area contributed by atoms with E-state index in [-0.39, 0.29) is 17.5 Å². The Bertz CT molecular complexity index is 478. The van der Waals surface area contributed by atoms with E-state index in [9.17, 15) is 13.2 Å². The van der Waals surface area contributed by atoms with Crippen molar-refractivity contribution in [3.05, 3.63) is 23.6 Å². The molecule has 6 heteroatoms. The average Bonchev–Trinajstić information content (AvgIpc) is 2.45. The maximum atomic E-state index is 13.6. The summed E-state index contributed by atoms with van der Waals surface area (Å²) in [6.45, 7) is 4.65. The monoisotopic (exact) mass is 288 g/mol. The summed E-state index contributed by atoms with van der Waals surface area (Å²) in [5, 5.41) is 2.87. The highest BCUT2D eigenvalue weighted by molar-refractivity contribution is 5.37. The van der Waals surface area contributed by atoms with Gasteiger partial charge >= 0.3 is 0 Å². The van der Waals surface area contributed by atoms with Crippen LogP contribution in [0, 0.1) is 17.6 Å². The first kappa shape index (κ1) is 15.1. The Balaban J connectivity index is 2.12. The third-order valence-corrected chi connectivity index (χ3v) is 4.01. The minimum Gasteiger partial charge on any atom is -0.375 e. The van der Waals surface area contributed by atoms with Crippen molar-refractivity contribution in [3.63, 3.8) is 0 Å². The van der Waals surface area contributed by atoms with Crippen LogP contribution in [0.15, 0.2) is 6.07 Å². The van der Waals surface area contributed by atoms with E-state index in [4.69, 9.17) is 4.74 Å². The number of nitrogens with zero attached hydrogens (tertiary/aromatic N) is 1. The van der Waals surface area contributed by atoms with Crippen LogP contribution in [0.3, 0.4) is 0 Å². The molecule has 0 bridgehead atoms. The van der Waals surface area contributed by atoms with Crippen LogP contribution >= 0.6 is 0 Å². The molecule has 0 aliphatic carbocycles. The standard InChI is InChI=1S/C14H19F3N2O/c1-3-14(4-2)8-9(5-6-20-14)18-13-11(16)7-10(15)12(17)19-13/h7,9H,3-6,8H2,1-2H3,(H,18,19). The number of nitrogens with one attached hydrogen (secondary N) is 1. The second-order valence-corrected chi connectivity index (χ2v) is 5.16. The van der Waals surface area contributed by atoms with Crippen molar-refractivity contribution in [3.8, 4) is 0 Å². The summed E-state index contributed by atoms with van der Waals surface area (Å²) < 4.78 is 45.3. The van der Waals surface area contributed by atoms with E-state index < -0.39 is 17.6 Å². The predicted molar refractivity (Wildman–Crippen MR) is 70.0 cm³/mol. The molecule has 2 rings (SSSR count). The smallest absolute Gasteiger partial charge is 0.251 e. The molecule has 112 valence electrons. The second-order valence-electron chi connectivity index (χ2n) is 5.16. The second kappa shape index (κ2) is 5.99. The quantitative estimate of drug-likeness (QED) is 0.859. The van der Waals surface area contributed by atoms with Gasteiger partial charge in [0.2, 0.25) is 0 Å². The topological polar surface area (TPSA) is 34.2 Å². The molecule has 20 heavy (non-hydrogen) atoms. The van der Waals surface area contributed by atoms with Gasteiger partial charge in [0.25, 0.3) is 5.95 Å². The molecule has 1 aliphatic rings. The summed E-state index contributed by atoms with van der Waals surface area (Å²) in [5.74, 6) is -3.69. The van der Waals surface area contributed by atoms with Crippen molar-refractivity contribution < 1.29 is 17.9 Å². The van der Waals surface area contributed by atoms with E-state index in [1.165, 1.54) is 0 Å². The van der Waals surface area contributed by atoms with Crippen LogP contribution in [0.5, 0.6) is 0 Å². The van der Waals surface area contributed by atoms with Crippen LogP contribution < -0.4 is 5.32 Å². The first-order valence-electron chi connectivity index (χ1n) is 6.91. The zero-order valence-corrected chi connectivity index (χ0v) is 11.7. The maximum Gasteiger partial charge on any atom is 0.251 e. The van der Waals surface area contributed by atoms with Gasteiger partial charge in [0.15, 0.2) is 17.5 Å². The average molecular weight is 288 g/mol. The zero-order valence-electron chi connectivity index (χ0n) is 11.7. The largest absolute Gasteiger partial charge is 0.375 e. The zero-order chi connectivity index (χ0) is 14.8. The van der Waals surface area contributed by atoms with Gasteiger partial charge in [0, 0.05) is 18.7 Å². The molecule has 0 aromatic carbocycles. The summed E-state index contributed by atoms with van der Waals surface area (Å²) in [4.78, 5) is 3.30. The van der Waals surface area contributed by atoms with Crippen molar-refractivity contribution in [2.75, 3.05) is 11.9 Å². The summed E-state index contributed by atoms with van der Waals surface area (Å²) in [7, 11) is 0. The van der Waals surface area contributed by atoms with Gasteiger partial charge < -0.3 is 10.1 Å². The van der Waals surface area contributed by atoms with Crippen LogP contribution in [0.25, 0.3) is 0 Å². The van der Waals surface area contributed by atoms with Crippen LogP contribution in [0.4, 0.5) is 19.0 Å². The van der Waals surface area contributed by atoms with Crippen molar-refractivity contribution in [2.45, 2.75) is 51.2 Å². The summed E-state index contributed by atoms with van der Waals surface area (Å²) in [6.07, 6.45) is 3.09. The summed E-state index contributed by atoms with van der Waals surface area (Å²) in [5.41, 5.74) is -0.231. The van der Waals surface area contributed by atoms with Crippen molar-refractivity contribution >= 4 is 5.82 Å². The van der Waals surface area contributed by atoms with Crippen LogP contribution in [-0.4, -0.2) is 23.2 Å². The number of hydrogen-bond donors (Lipinski definition) is 1. The Hall–Kier alpha value is -1.30. The highest BCUT2D eigenvalue weighted by atomic mass is 19.2. The summed E-state index contributed by atoms with van der Waals surface area (Å²) in [6, 6.07) is 0.451. The molecule has 1 N–H and O–H groups in total. The lowest BCUT2D eigenvalue weighted by Crippen LogP contribution is -2.43. The Morgan fingerprint density at radius 3 is 2.65 bits per heavy atom. The summed E-state index contributed by atoms with van der Waals surface area (Å²) >= 11 is 0. The van der Waals surface area contributed by atoms with E-state index in [0.717, 1.165) is 12.8 Å². The predicted octanol–water partition coefficient (Wildman–Crippen LogP) is 3.65. The van der Waals surface area contributed by atoms with E-state index in [0.29, 0.717) is 25.5 Å². The minimum atomic E-state index is -1.29. The fraction of sp³-hybridized carbons (Fsp3) is 0.643. The number of pyridine rings is 1. The van der Waals surface area contributed by atoms with Gasteiger partial charge in [-0.2, -0.15) is 9.37 Å². The van der Waals surface area contributed by atoms with Gasteiger partial charge in [-0.3, -0.25) is 0 Å². The molecule has 0 saturated carbocycles. The molecular formula is C14H19F3N2O. The number of anilines is 1. The fourth-order valence-corrected chi connectivity index (χ4v) is 2.63. The molecule has 1 aromatic heterocycles. The molecule has 0 amide bonds. The number of rotatable bonds is 4. The third-order valence-electron chi connectivity index (χ3n) is 4.01. The Labute approximate surface area is 116 Å². The molecule has 0 spiro atoms. The first-order valence-corrected chi connectivity index (χ1v) is 6.91. The van der Waals surface area contributed by atoms with Gasteiger partial charge in [-0.1, -0.05) is 13.8 Å². The number of hydrogen-bond acceptors (Lipinski definition) is 3. The van der Waals surface area contributed by atoms with Crippen molar-refractivity contribution in [1.82, 2.24) is 4.98 Å². The molecule has 2 heterocycles. The SMILES string of the molecule is CCC1(CC)CC(Nc2nc(F)c(F)cc2F)CCO1. The lowest BCUT2D eigenvalue weighted by molar-refractivity contribution is -0.0865. The van der Waals surface area contributed by atoms with E-state index in [2.05, 4.69) is 10.3 Å². The first-order chi connectivity index (χ1) is 9.49. The molecule has 1 saturated heterocycles. The number of halogens is 3. The maximum absolute atomic E-state index is 13.6. The van der Waals surface area contributed by atoms with Crippen LogP contribution in [-0.2, 0) is 4.74 Å². The number of aromatic nitrogens is 1.